The van der Waals surface area contributed by atoms with Gasteiger partial charge in [0.2, 0.25) is 0 Å². The molecule has 5 aliphatic rings. The molecule has 0 saturated carbocycles. The second kappa shape index (κ2) is 12.5. The van der Waals surface area contributed by atoms with Crippen LogP contribution in [0.3, 0.4) is 0 Å². The highest BCUT2D eigenvalue weighted by Crippen LogP contribution is 2.48. The molecule has 1 spiro atoms. The standard InChI is InChI=1S/C37H35ClF3N9O2S/c38-25-9-23-30(29(41)28(25)22-3-4-26(40)31-27(22)24(12-43)32(44)53-31)45-34(52-19-37-6-2-8-50(37)15-21(39)10-37)46-33(23)47-7-1-5-36(16-47)17-49(18-36)35(51)48-13-20(11-42)14-48/h3-4,9,20-21H,1-2,5-8,10,13-19,44H2/t21-,37+/m1/s1. The highest BCUT2D eigenvalue weighted by molar-refractivity contribution is 7.23. The Morgan fingerprint density at radius 2 is 1.89 bits per heavy atom. The Hall–Kier alpha value is -4.57. The molecule has 2 amide bonds. The van der Waals surface area contributed by atoms with E-state index in [0.717, 1.165) is 43.6 Å². The summed E-state index contributed by atoms with van der Waals surface area (Å²) in [5.74, 6) is -1.07. The maximum atomic E-state index is 17.2. The Kier molecular flexibility index (Phi) is 8.07. The minimum Gasteiger partial charge on any atom is -0.461 e. The number of nitrogens with zero attached hydrogens (tertiary/aromatic N) is 8. The smallest absolute Gasteiger partial charge is 0.320 e. The van der Waals surface area contributed by atoms with Crippen LogP contribution in [0, 0.1) is 45.6 Å². The van der Waals surface area contributed by atoms with Crippen molar-refractivity contribution >= 4 is 60.8 Å². The number of benzene rings is 2. The number of hydrogen-bond acceptors (Lipinski definition) is 10. The van der Waals surface area contributed by atoms with E-state index in [0.29, 0.717) is 63.4 Å². The van der Waals surface area contributed by atoms with E-state index in [1.54, 1.807) is 11.0 Å². The van der Waals surface area contributed by atoms with Crippen molar-refractivity contribution < 1.29 is 22.7 Å². The van der Waals surface area contributed by atoms with Gasteiger partial charge < -0.3 is 25.2 Å². The van der Waals surface area contributed by atoms with Crippen LogP contribution in [0.2, 0.25) is 5.02 Å². The van der Waals surface area contributed by atoms with Gasteiger partial charge in [-0.05, 0) is 49.9 Å². The largest absolute Gasteiger partial charge is 0.461 e. The average Bonchev–Trinajstić information content (AvgIpc) is 3.76. The van der Waals surface area contributed by atoms with Crippen molar-refractivity contribution in [2.75, 3.05) is 69.6 Å². The number of rotatable bonds is 5. The Labute approximate surface area is 312 Å². The number of urea groups is 1. The Balaban J connectivity index is 1.11. The van der Waals surface area contributed by atoms with Gasteiger partial charge in [-0.3, -0.25) is 4.90 Å². The first-order chi connectivity index (χ1) is 25.5. The number of anilines is 2. The quantitative estimate of drug-likeness (QED) is 0.247. The summed E-state index contributed by atoms with van der Waals surface area (Å²) >= 11 is 7.83. The number of aromatic nitrogens is 2. The first kappa shape index (κ1) is 34.2. The first-order valence-electron chi connectivity index (χ1n) is 17.8. The lowest BCUT2D eigenvalue weighted by Gasteiger charge is -2.56. The van der Waals surface area contributed by atoms with Gasteiger partial charge in [0.15, 0.2) is 5.82 Å². The Bertz CT molecular complexity index is 2280. The molecular weight excluding hydrogens is 727 g/mol. The van der Waals surface area contributed by atoms with Gasteiger partial charge in [0.1, 0.15) is 41.0 Å². The van der Waals surface area contributed by atoms with Crippen molar-refractivity contribution in [2.45, 2.75) is 43.8 Å². The second-order valence-corrected chi connectivity index (χ2v) is 16.7. The number of amides is 2. The van der Waals surface area contributed by atoms with Crippen molar-refractivity contribution in [1.29, 1.82) is 10.5 Å². The maximum absolute atomic E-state index is 17.2. The summed E-state index contributed by atoms with van der Waals surface area (Å²) in [7, 11) is 0. The molecule has 53 heavy (non-hydrogen) atoms. The van der Waals surface area contributed by atoms with E-state index in [2.05, 4.69) is 20.9 Å². The number of fused-ring (bicyclic) bond motifs is 3. The van der Waals surface area contributed by atoms with Crippen LogP contribution < -0.4 is 15.4 Å². The van der Waals surface area contributed by atoms with E-state index in [1.165, 1.54) is 12.1 Å². The molecule has 5 fully saturated rings. The summed E-state index contributed by atoms with van der Waals surface area (Å²) < 4.78 is 53.2. The molecule has 7 heterocycles. The topological polar surface area (TPSA) is 139 Å². The lowest BCUT2D eigenvalue weighted by atomic mass is 9.73. The molecule has 9 rings (SSSR count). The van der Waals surface area contributed by atoms with E-state index in [-0.39, 0.29) is 72.3 Å². The number of likely N-dealkylation sites (tertiary alicyclic amines) is 2. The van der Waals surface area contributed by atoms with Crippen molar-refractivity contribution in [3.8, 4) is 29.3 Å². The van der Waals surface area contributed by atoms with Crippen LogP contribution in [0.1, 0.15) is 37.7 Å². The number of ether oxygens (including phenoxy) is 1. The number of nitrogen functional groups attached to an aromatic ring is 1. The molecule has 11 nitrogen and oxygen atoms in total. The summed E-state index contributed by atoms with van der Waals surface area (Å²) in [6.07, 6.45) is 2.77. The Morgan fingerprint density at radius 1 is 1.09 bits per heavy atom. The van der Waals surface area contributed by atoms with Gasteiger partial charge in [0, 0.05) is 74.0 Å². The number of carbonyl (C=O) groups is 1. The summed E-state index contributed by atoms with van der Waals surface area (Å²) in [4.78, 5) is 30.2. The predicted octanol–water partition coefficient (Wildman–Crippen LogP) is 6.33. The van der Waals surface area contributed by atoms with E-state index in [4.69, 9.17) is 32.3 Å². The van der Waals surface area contributed by atoms with Crippen LogP contribution in [0.5, 0.6) is 6.01 Å². The third kappa shape index (κ3) is 5.42. The number of thiophene rings is 1. The zero-order valence-corrected chi connectivity index (χ0v) is 30.3. The molecule has 2 aromatic heterocycles. The van der Waals surface area contributed by atoms with Crippen LogP contribution in [0.15, 0.2) is 18.2 Å². The predicted molar refractivity (Wildman–Crippen MR) is 194 cm³/mol. The second-order valence-electron chi connectivity index (χ2n) is 15.3. The zero-order valence-electron chi connectivity index (χ0n) is 28.7. The number of nitriles is 2. The molecule has 16 heteroatoms. The third-order valence-corrected chi connectivity index (χ3v) is 13.2. The Morgan fingerprint density at radius 3 is 2.66 bits per heavy atom. The number of carbonyl (C=O) groups excluding carboxylic acids is 1. The molecule has 0 aliphatic carbocycles. The molecular formula is C37H35ClF3N9O2S. The fraction of sp³-hybridized carbons (Fsp3) is 0.486. The maximum Gasteiger partial charge on any atom is 0.320 e. The fourth-order valence-electron chi connectivity index (χ4n) is 9.33. The van der Waals surface area contributed by atoms with Crippen LogP contribution >= 0.6 is 22.9 Å². The van der Waals surface area contributed by atoms with Gasteiger partial charge >= 0.3 is 12.0 Å². The van der Waals surface area contributed by atoms with Crippen LogP contribution in [0.4, 0.5) is 28.8 Å². The molecule has 5 aliphatic heterocycles. The van der Waals surface area contributed by atoms with Crippen molar-refractivity contribution in [3.05, 3.63) is 40.4 Å². The van der Waals surface area contributed by atoms with Crippen LogP contribution in [0.25, 0.3) is 32.1 Å². The minimum absolute atomic E-state index is 0.0212. The molecule has 274 valence electrons. The summed E-state index contributed by atoms with van der Waals surface area (Å²) in [6.45, 7) is 4.41. The molecule has 2 aromatic carbocycles. The van der Waals surface area contributed by atoms with Crippen LogP contribution in [-0.2, 0) is 0 Å². The van der Waals surface area contributed by atoms with Crippen molar-refractivity contribution in [1.82, 2.24) is 24.7 Å². The summed E-state index contributed by atoms with van der Waals surface area (Å²) in [5.41, 5.74) is 5.53. The number of piperidine rings is 1. The monoisotopic (exact) mass is 761 g/mol. The highest BCUT2D eigenvalue weighted by atomic mass is 35.5. The van der Waals surface area contributed by atoms with Gasteiger partial charge in [-0.1, -0.05) is 17.7 Å². The van der Waals surface area contributed by atoms with E-state index in [9.17, 15) is 18.8 Å². The molecule has 0 bridgehead atoms. The molecule has 2 N–H and O–H groups in total. The van der Waals surface area contributed by atoms with Gasteiger partial charge in [0.25, 0.3) is 0 Å². The molecule has 2 atom stereocenters. The number of halogens is 4. The molecule has 5 saturated heterocycles. The lowest BCUT2D eigenvalue weighted by molar-refractivity contribution is -0.00352. The fourth-order valence-corrected chi connectivity index (χ4v) is 10.6. The average molecular weight is 762 g/mol. The van der Waals surface area contributed by atoms with E-state index in [1.807, 2.05) is 11.0 Å². The molecule has 4 aromatic rings. The number of alkyl halides is 1. The van der Waals surface area contributed by atoms with Crippen molar-refractivity contribution in [2.24, 2.45) is 11.3 Å². The highest BCUT2D eigenvalue weighted by Gasteiger charge is 2.51. The van der Waals surface area contributed by atoms with Gasteiger partial charge in [0.05, 0.1) is 32.8 Å². The van der Waals surface area contributed by atoms with E-state index >= 15 is 4.39 Å². The van der Waals surface area contributed by atoms with Crippen LogP contribution in [-0.4, -0.2) is 101 Å². The normalized spacial score (nSPS) is 24.0. The summed E-state index contributed by atoms with van der Waals surface area (Å²) in [6, 6.07) is 8.31. The zero-order chi connectivity index (χ0) is 36.8. The van der Waals surface area contributed by atoms with Gasteiger partial charge in [-0.2, -0.15) is 20.5 Å². The van der Waals surface area contributed by atoms with Crippen molar-refractivity contribution in [3.63, 3.8) is 0 Å². The number of hydrogen-bond donors (Lipinski definition) is 1. The number of nitrogens with two attached hydrogens (primary N) is 1. The summed E-state index contributed by atoms with van der Waals surface area (Å²) in [5, 5.41) is 19.7. The molecule has 0 radical (unpaired) electrons. The van der Waals surface area contributed by atoms with Gasteiger partial charge in [-0.25, -0.2) is 18.0 Å². The third-order valence-electron chi connectivity index (χ3n) is 11.9. The SMILES string of the molecule is N#Cc1c(N)sc2c(F)ccc(-c3c(Cl)cc4c(N5CCCC6(CN(C(=O)N7CC(C#N)C7)C6)C5)nc(OC[C@@]56CCCN5C[C@H](F)C6)nc4c3F)c12. The molecule has 0 unspecified atom stereocenters. The first-order valence-corrected chi connectivity index (χ1v) is 19.0. The minimum atomic E-state index is -0.960. The van der Waals surface area contributed by atoms with Gasteiger partial charge in [-0.15, -0.1) is 11.3 Å². The lowest BCUT2D eigenvalue weighted by Crippen LogP contribution is -2.68. The van der Waals surface area contributed by atoms with E-state index < -0.39 is 23.3 Å².